The number of aromatic carboxylic acids is 1. The van der Waals surface area contributed by atoms with Crippen molar-refractivity contribution in [3.8, 4) is 0 Å². The van der Waals surface area contributed by atoms with Crippen molar-refractivity contribution in [2.24, 2.45) is 0 Å². The van der Waals surface area contributed by atoms with Gasteiger partial charge in [0.05, 0.1) is 27.7 Å². The summed E-state index contributed by atoms with van der Waals surface area (Å²) in [6.07, 6.45) is -5.60. The first-order valence-corrected chi connectivity index (χ1v) is 5.90. The molecule has 1 atom stereocenters. The van der Waals surface area contributed by atoms with Gasteiger partial charge >= 0.3 is 12.1 Å². The molecule has 1 rings (SSSR count). The fourth-order valence-electron chi connectivity index (χ4n) is 1.16. The molecular formula is C10H9F3O3S. The number of rotatable bonds is 4. The van der Waals surface area contributed by atoms with E-state index >= 15 is 0 Å². The van der Waals surface area contributed by atoms with Crippen molar-refractivity contribution in [2.75, 3.05) is 5.75 Å². The molecule has 3 nitrogen and oxygen atoms in total. The van der Waals surface area contributed by atoms with Gasteiger partial charge < -0.3 is 5.11 Å². The number of carboxylic acids is 1. The SMILES string of the molecule is O=C(O)c1ccccc1S(=O)CCC(F)(F)F. The molecule has 0 aliphatic heterocycles. The van der Waals surface area contributed by atoms with E-state index in [1.165, 1.54) is 24.3 Å². The third kappa shape index (κ3) is 4.18. The molecule has 0 spiro atoms. The highest BCUT2D eigenvalue weighted by atomic mass is 32.2. The van der Waals surface area contributed by atoms with Gasteiger partial charge in [-0.25, -0.2) is 4.79 Å². The van der Waals surface area contributed by atoms with Crippen molar-refractivity contribution in [1.82, 2.24) is 0 Å². The molecule has 0 heterocycles. The summed E-state index contributed by atoms with van der Waals surface area (Å²) < 4.78 is 47.4. The van der Waals surface area contributed by atoms with Crippen LogP contribution in [0.5, 0.6) is 0 Å². The van der Waals surface area contributed by atoms with Crippen LogP contribution in [0.15, 0.2) is 29.2 Å². The highest BCUT2D eigenvalue weighted by molar-refractivity contribution is 7.85. The van der Waals surface area contributed by atoms with E-state index in [0.29, 0.717) is 0 Å². The number of halogens is 3. The van der Waals surface area contributed by atoms with Crippen LogP contribution < -0.4 is 0 Å². The Bertz CT molecular complexity index is 443. The first-order chi connectivity index (χ1) is 7.81. The molecule has 0 fully saturated rings. The van der Waals surface area contributed by atoms with Gasteiger partial charge in [0.1, 0.15) is 0 Å². The minimum atomic E-state index is -4.40. The molecule has 0 amide bonds. The third-order valence-corrected chi connectivity index (χ3v) is 3.36. The van der Waals surface area contributed by atoms with E-state index in [1.54, 1.807) is 0 Å². The van der Waals surface area contributed by atoms with Crippen LogP contribution in [0, 0.1) is 0 Å². The lowest BCUT2D eigenvalue weighted by atomic mass is 10.2. The summed E-state index contributed by atoms with van der Waals surface area (Å²) in [6.45, 7) is 0. The Kier molecular flexibility index (Phi) is 4.28. The predicted octanol–water partition coefficient (Wildman–Crippen LogP) is 2.44. The van der Waals surface area contributed by atoms with Gasteiger partial charge in [-0.1, -0.05) is 12.1 Å². The second-order valence-corrected chi connectivity index (χ2v) is 4.76. The number of hydrogen-bond acceptors (Lipinski definition) is 2. The van der Waals surface area contributed by atoms with Crippen molar-refractivity contribution >= 4 is 16.8 Å². The van der Waals surface area contributed by atoms with E-state index in [4.69, 9.17) is 5.11 Å². The van der Waals surface area contributed by atoms with Crippen LogP contribution in [0.1, 0.15) is 16.8 Å². The van der Waals surface area contributed by atoms with Crippen LogP contribution >= 0.6 is 0 Å². The quantitative estimate of drug-likeness (QED) is 0.910. The lowest BCUT2D eigenvalue weighted by molar-refractivity contribution is -0.129. The monoisotopic (exact) mass is 266 g/mol. The normalized spacial score (nSPS) is 13.4. The van der Waals surface area contributed by atoms with E-state index in [1.807, 2.05) is 0 Å². The summed E-state index contributed by atoms with van der Waals surface area (Å²) in [5, 5.41) is 8.79. The number of carboxylic acid groups (broad SMARTS) is 1. The minimum Gasteiger partial charge on any atom is -0.478 e. The van der Waals surface area contributed by atoms with Crippen LogP contribution in [0.2, 0.25) is 0 Å². The Hall–Kier alpha value is -1.37. The number of carbonyl (C=O) groups is 1. The van der Waals surface area contributed by atoms with Crippen LogP contribution in [0.4, 0.5) is 13.2 Å². The Morgan fingerprint density at radius 2 is 1.88 bits per heavy atom. The average molecular weight is 266 g/mol. The summed E-state index contributed by atoms with van der Waals surface area (Å²) in [5.41, 5.74) is -0.229. The molecule has 0 aliphatic rings. The van der Waals surface area contributed by atoms with Gasteiger partial charge in [0.25, 0.3) is 0 Å². The Labute approximate surface area is 97.7 Å². The van der Waals surface area contributed by atoms with Gasteiger partial charge in [-0.2, -0.15) is 13.2 Å². The zero-order valence-corrected chi connectivity index (χ0v) is 9.35. The zero-order valence-electron chi connectivity index (χ0n) is 8.53. The topological polar surface area (TPSA) is 54.4 Å². The lowest BCUT2D eigenvalue weighted by Crippen LogP contribution is -2.14. The maximum absolute atomic E-state index is 11.9. The third-order valence-electron chi connectivity index (χ3n) is 1.93. The fraction of sp³-hybridized carbons (Fsp3) is 0.300. The second-order valence-electron chi connectivity index (χ2n) is 3.22. The van der Waals surface area contributed by atoms with Gasteiger partial charge in [0.15, 0.2) is 0 Å². The molecule has 0 aromatic heterocycles. The molecule has 0 radical (unpaired) electrons. The van der Waals surface area contributed by atoms with E-state index in [2.05, 4.69) is 0 Å². The van der Waals surface area contributed by atoms with Gasteiger partial charge in [-0.3, -0.25) is 4.21 Å². The number of alkyl halides is 3. The highest BCUT2D eigenvalue weighted by Crippen LogP contribution is 2.22. The standard InChI is InChI=1S/C10H9F3O3S/c11-10(12,13)5-6-17(16)8-4-2-1-3-7(8)9(14)15/h1-4H,5-6H2,(H,14,15). The Balaban J connectivity index is 2.86. The van der Waals surface area contributed by atoms with Gasteiger partial charge in [-0.05, 0) is 12.1 Å². The van der Waals surface area contributed by atoms with Crippen LogP contribution in [0.3, 0.4) is 0 Å². The summed E-state index contributed by atoms with van der Waals surface area (Å²) in [7, 11) is -1.96. The molecule has 0 aliphatic carbocycles. The van der Waals surface area contributed by atoms with Crippen LogP contribution in [-0.4, -0.2) is 27.2 Å². The molecule has 7 heteroatoms. The van der Waals surface area contributed by atoms with Crippen molar-refractivity contribution in [1.29, 1.82) is 0 Å². The van der Waals surface area contributed by atoms with Crippen molar-refractivity contribution in [3.05, 3.63) is 29.8 Å². The smallest absolute Gasteiger partial charge is 0.390 e. The molecule has 1 aromatic rings. The average Bonchev–Trinajstić information content (AvgIpc) is 2.25. The molecule has 94 valence electrons. The van der Waals surface area contributed by atoms with Crippen molar-refractivity contribution in [3.63, 3.8) is 0 Å². The molecule has 1 unspecified atom stereocenters. The zero-order chi connectivity index (χ0) is 13.1. The largest absolute Gasteiger partial charge is 0.478 e. The van der Waals surface area contributed by atoms with Crippen LogP contribution in [-0.2, 0) is 10.8 Å². The lowest BCUT2D eigenvalue weighted by Gasteiger charge is -2.07. The van der Waals surface area contributed by atoms with Crippen LogP contribution in [0.25, 0.3) is 0 Å². The van der Waals surface area contributed by atoms with E-state index < -0.39 is 35.1 Å². The summed E-state index contributed by atoms with van der Waals surface area (Å²) in [5.74, 6) is -1.94. The molecule has 0 bridgehead atoms. The maximum Gasteiger partial charge on any atom is 0.390 e. The highest BCUT2D eigenvalue weighted by Gasteiger charge is 2.28. The van der Waals surface area contributed by atoms with Crippen molar-refractivity contribution < 1.29 is 27.3 Å². The maximum atomic E-state index is 11.9. The molecular weight excluding hydrogens is 257 g/mol. The van der Waals surface area contributed by atoms with E-state index in [-0.39, 0.29) is 10.5 Å². The van der Waals surface area contributed by atoms with E-state index in [0.717, 1.165) is 0 Å². The second kappa shape index (κ2) is 5.31. The molecule has 17 heavy (non-hydrogen) atoms. The number of benzene rings is 1. The molecule has 0 saturated carbocycles. The Morgan fingerprint density at radius 3 is 2.41 bits per heavy atom. The summed E-state index contributed by atoms with van der Waals surface area (Å²) in [4.78, 5) is 10.7. The minimum absolute atomic E-state index is 0.0794. The van der Waals surface area contributed by atoms with Gasteiger partial charge in [0.2, 0.25) is 0 Å². The van der Waals surface area contributed by atoms with Crippen molar-refractivity contribution in [2.45, 2.75) is 17.5 Å². The summed E-state index contributed by atoms with van der Waals surface area (Å²) >= 11 is 0. The molecule has 0 saturated heterocycles. The van der Waals surface area contributed by atoms with E-state index in [9.17, 15) is 22.2 Å². The fourth-order valence-corrected chi connectivity index (χ4v) is 2.43. The van der Waals surface area contributed by atoms with Gasteiger partial charge in [0, 0.05) is 5.75 Å². The number of hydrogen-bond donors (Lipinski definition) is 1. The molecule has 1 N–H and O–H groups in total. The predicted molar refractivity (Wildman–Crippen MR) is 55.3 cm³/mol. The first kappa shape index (κ1) is 13.7. The Morgan fingerprint density at radius 1 is 1.29 bits per heavy atom. The molecule has 1 aromatic carbocycles. The van der Waals surface area contributed by atoms with Gasteiger partial charge in [-0.15, -0.1) is 0 Å². The first-order valence-electron chi connectivity index (χ1n) is 4.59. The summed E-state index contributed by atoms with van der Waals surface area (Å²) in [6, 6.07) is 5.33.